The Bertz CT molecular complexity index is 489. The third kappa shape index (κ3) is 4.98. The van der Waals surface area contributed by atoms with Crippen molar-refractivity contribution >= 4 is 11.6 Å². The highest BCUT2D eigenvalue weighted by Crippen LogP contribution is 2.18. The Labute approximate surface area is 133 Å². The number of hydrogen-bond donors (Lipinski definition) is 1. The summed E-state index contributed by atoms with van der Waals surface area (Å²) in [5.74, 6) is 0.647. The second-order valence-electron chi connectivity index (χ2n) is 6.51. The van der Waals surface area contributed by atoms with Crippen LogP contribution in [0.1, 0.15) is 36.7 Å². The lowest BCUT2D eigenvalue weighted by atomic mass is 10.00. The number of nitrogens with zero attached hydrogens (tertiary/aromatic N) is 3. The van der Waals surface area contributed by atoms with E-state index in [1.807, 2.05) is 17.0 Å². The van der Waals surface area contributed by atoms with Crippen LogP contribution in [0.2, 0.25) is 0 Å². The average molecular weight is 304 g/mol. The Hall–Kier alpha value is -1.62. The Kier molecular flexibility index (Phi) is 6.19. The van der Waals surface area contributed by atoms with Gasteiger partial charge in [0.2, 0.25) is 0 Å². The number of likely N-dealkylation sites (tertiary alicyclic amines) is 1. The van der Waals surface area contributed by atoms with Crippen LogP contribution in [0.3, 0.4) is 0 Å². The number of hydrogen-bond acceptors (Lipinski definition) is 4. The van der Waals surface area contributed by atoms with Crippen molar-refractivity contribution in [1.29, 1.82) is 0 Å². The van der Waals surface area contributed by atoms with Crippen molar-refractivity contribution in [2.75, 3.05) is 45.6 Å². The molecule has 122 valence electrons. The first-order chi connectivity index (χ1) is 10.6. The zero-order valence-corrected chi connectivity index (χ0v) is 14.0. The normalized spacial score (nSPS) is 18.5. The molecule has 1 aromatic heterocycles. The van der Waals surface area contributed by atoms with E-state index in [-0.39, 0.29) is 5.91 Å². The van der Waals surface area contributed by atoms with Gasteiger partial charge in [0.05, 0.1) is 0 Å². The molecule has 1 unspecified atom stereocenters. The molecule has 1 N–H and O–H groups in total. The molecule has 5 heteroatoms. The van der Waals surface area contributed by atoms with Gasteiger partial charge in [0, 0.05) is 31.5 Å². The molecule has 0 aliphatic carbocycles. The maximum absolute atomic E-state index is 12.5. The molecule has 1 saturated heterocycles. The fourth-order valence-corrected chi connectivity index (χ4v) is 2.82. The van der Waals surface area contributed by atoms with Gasteiger partial charge in [-0.3, -0.25) is 9.78 Å². The molecular weight excluding hydrogens is 276 g/mol. The molecule has 1 aliphatic heterocycles. The molecule has 0 saturated carbocycles. The van der Waals surface area contributed by atoms with Crippen LogP contribution in [-0.2, 0) is 0 Å². The summed E-state index contributed by atoms with van der Waals surface area (Å²) in [4.78, 5) is 20.9. The minimum Gasteiger partial charge on any atom is -0.385 e. The van der Waals surface area contributed by atoms with Gasteiger partial charge in [-0.15, -0.1) is 0 Å². The molecule has 1 aromatic rings. The minimum absolute atomic E-state index is 0.0588. The van der Waals surface area contributed by atoms with E-state index in [0.29, 0.717) is 11.6 Å². The van der Waals surface area contributed by atoms with E-state index in [2.05, 4.69) is 36.2 Å². The summed E-state index contributed by atoms with van der Waals surface area (Å²) in [6.45, 7) is 5.86. The maximum atomic E-state index is 12.5. The number of anilines is 1. The summed E-state index contributed by atoms with van der Waals surface area (Å²) in [5, 5.41) is 3.37. The summed E-state index contributed by atoms with van der Waals surface area (Å²) in [6, 6.07) is 3.79. The van der Waals surface area contributed by atoms with Gasteiger partial charge in [0.25, 0.3) is 5.91 Å². The van der Waals surface area contributed by atoms with E-state index in [1.165, 1.54) is 6.42 Å². The smallest absolute Gasteiger partial charge is 0.272 e. The number of nitrogens with one attached hydrogen (secondary N) is 1. The Balaban J connectivity index is 1.91. The lowest BCUT2D eigenvalue weighted by molar-refractivity contribution is 0.0677. The Morgan fingerprint density at radius 1 is 1.50 bits per heavy atom. The summed E-state index contributed by atoms with van der Waals surface area (Å²) < 4.78 is 0. The lowest BCUT2D eigenvalue weighted by Crippen LogP contribution is -2.39. The van der Waals surface area contributed by atoms with Gasteiger partial charge >= 0.3 is 0 Å². The molecule has 0 radical (unpaired) electrons. The van der Waals surface area contributed by atoms with Gasteiger partial charge in [-0.05, 0) is 58.0 Å². The fourth-order valence-electron chi connectivity index (χ4n) is 2.82. The fraction of sp³-hybridized carbons (Fsp3) is 0.647. The lowest BCUT2D eigenvalue weighted by Gasteiger charge is -2.30. The topological polar surface area (TPSA) is 48.5 Å². The first-order valence-corrected chi connectivity index (χ1v) is 8.20. The molecule has 2 heterocycles. The summed E-state index contributed by atoms with van der Waals surface area (Å²) in [7, 11) is 4.14. The first kappa shape index (κ1) is 16.7. The minimum atomic E-state index is 0.0588. The highest BCUT2D eigenvalue weighted by Gasteiger charge is 2.22. The van der Waals surface area contributed by atoms with Crippen molar-refractivity contribution in [1.82, 2.24) is 14.8 Å². The van der Waals surface area contributed by atoms with Gasteiger partial charge in [0.1, 0.15) is 5.69 Å². The first-order valence-electron chi connectivity index (χ1n) is 8.20. The number of carbonyl (C=O) groups is 1. The third-order valence-electron chi connectivity index (χ3n) is 4.03. The molecule has 1 fully saturated rings. The van der Waals surface area contributed by atoms with Crippen molar-refractivity contribution in [3.05, 3.63) is 24.0 Å². The molecular formula is C17H28N4O. The van der Waals surface area contributed by atoms with Crippen LogP contribution in [0.15, 0.2) is 18.3 Å². The number of carbonyl (C=O) groups excluding carboxylic acids is 1. The number of amides is 1. The number of piperidine rings is 1. The molecule has 5 nitrogen and oxygen atoms in total. The summed E-state index contributed by atoms with van der Waals surface area (Å²) in [6.07, 6.45) is 5.09. The molecule has 1 atom stereocenters. The number of pyridine rings is 1. The highest BCUT2D eigenvalue weighted by atomic mass is 16.2. The molecule has 0 spiro atoms. The van der Waals surface area contributed by atoms with E-state index in [4.69, 9.17) is 0 Å². The van der Waals surface area contributed by atoms with E-state index in [9.17, 15) is 4.79 Å². The summed E-state index contributed by atoms with van der Waals surface area (Å²) >= 11 is 0. The third-order valence-corrected chi connectivity index (χ3v) is 4.03. The van der Waals surface area contributed by atoms with Crippen LogP contribution in [0.4, 0.5) is 5.69 Å². The number of rotatable bonds is 6. The molecule has 2 rings (SSSR count). The monoisotopic (exact) mass is 304 g/mol. The van der Waals surface area contributed by atoms with Crippen LogP contribution in [0.25, 0.3) is 0 Å². The van der Waals surface area contributed by atoms with Crippen LogP contribution in [-0.4, -0.2) is 61.0 Å². The highest BCUT2D eigenvalue weighted by molar-refractivity contribution is 5.93. The van der Waals surface area contributed by atoms with Gasteiger partial charge in [0.15, 0.2) is 0 Å². The molecule has 0 bridgehead atoms. The maximum Gasteiger partial charge on any atom is 0.272 e. The van der Waals surface area contributed by atoms with E-state index < -0.39 is 0 Å². The van der Waals surface area contributed by atoms with Crippen molar-refractivity contribution < 1.29 is 4.79 Å². The van der Waals surface area contributed by atoms with E-state index in [0.717, 1.165) is 44.7 Å². The van der Waals surface area contributed by atoms with Crippen LogP contribution in [0, 0.1) is 5.92 Å². The average Bonchev–Trinajstić information content (AvgIpc) is 2.51. The van der Waals surface area contributed by atoms with Gasteiger partial charge in [-0.25, -0.2) is 0 Å². The Morgan fingerprint density at radius 2 is 2.32 bits per heavy atom. The number of aromatic nitrogens is 1. The van der Waals surface area contributed by atoms with Crippen molar-refractivity contribution in [2.45, 2.75) is 26.2 Å². The standard InChI is InChI=1S/C17H28N4O/c1-14-6-4-11-21(13-14)17(22)16-12-15(7-9-19-16)18-8-5-10-20(2)3/h7,9,12,14H,4-6,8,10-11,13H2,1-3H3,(H,18,19). The molecule has 0 aromatic carbocycles. The second kappa shape index (κ2) is 8.13. The van der Waals surface area contributed by atoms with Gasteiger partial charge in [-0.1, -0.05) is 6.92 Å². The van der Waals surface area contributed by atoms with E-state index in [1.54, 1.807) is 6.20 Å². The van der Waals surface area contributed by atoms with Gasteiger partial charge in [-0.2, -0.15) is 0 Å². The van der Waals surface area contributed by atoms with Crippen LogP contribution >= 0.6 is 0 Å². The summed E-state index contributed by atoms with van der Waals surface area (Å²) in [5.41, 5.74) is 1.52. The predicted octanol–water partition coefficient (Wildman–Crippen LogP) is 2.32. The Morgan fingerprint density at radius 3 is 3.05 bits per heavy atom. The van der Waals surface area contributed by atoms with Gasteiger partial charge < -0.3 is 15.1 Å². The van der Waals surface area contributed by atoms with Crippen LogP contribution < -0.4 is 5.32 Å². The van der Waals surface area contributed by atoms with Crippen molar-refractivity contribution in [3.8, 4) is 0 Å². The molecule has 1 aliphatic rings. The second-order valence-corrected chi connectivity index (χ2v) is 6.51. The quantitative estimate of drug-likeness (QED) is 0.819. The van der Waals surface area contributed by atoms with Crippen LogP contribution in [0.5, 0.6) is 0 Å². The van der Waals surface area contributed by atoms with Crippen molar-refractivity contribution in [2.24, 2.45) is 5.92 Å². The molecule has 22 heavy (non-hydrogen) atoms. The largest absolute Gasteiger partial charge is 0.385 e. The molecule has 1 amide bonds. The zero-order chi connectivity index (χ0) is 15.9. The predicted molar refractivity (Wildman–Crippen MR) is 90.2 cm³/mol. The van der Waals surface area contributed by atoms with Crippen molar-refractivity contribution in [3.63, 3.8) is 0 Å². The van der Waals surface area contributed by atoms with E-state index >= 15 is 0 Å². The zero-order valence-electron chi connectivity index (χ0n) is 14.0. The SMILES string of the molecule is CC1CCCN(C(=O)c2cc(NCCCN(C)C)ccn2)C1.